The zero-order valence-corrected chi connectivity index (χ0v) is 15.5. The van der Waals surface area contributed by atoms with Crippen LogP contribution in [0, 0.1) is 5.82 Å². The van der Waals surface area contributed by atoms with Gasteiger partial charge in [0.2, 0.25) is 11.7 Å². The number of carbonyl (C=O) groups excluding carboxylic acids is 1. The van der Waals surface area contributed by atoms with Gasteiger partial charge in [-0.25, -0.2) is 4.98 Å². The summed E-state index contributed by atoms with van der Waals surface area (Å²) in [6.07, 6.45) is 2.25. The standard InChI is InChI=1S/C19H22FN3O2S/c1-2-16-18(20)19(22-13-21-16)25-15-8-9-23(10-15)17(24)12-26-11-14-6-4-3-5-7-14/h3-7,13,15H,2,8-12H2,1H3/t15-/m1/s1. The number of likely N-dealkylation sites (tertiary alicyclic amines) is 1. The molecular weight excluding hydrogens is 353 g/mol. The van der Waals surface area contributed by atoms with Gasteiger partial charge in [0.25, 0.3) is 5.88 Å². The normalized spacial score (nSPS) is 16.7. The lowest BCUT2D eigenvalue weighted by molar-refractivity contribution is -0.127. The molecule has 26 heavy (non-hydrogen) atoms. The maximum Gasteiger partial charge on any atom is 0.254 e. The fourth-order valence-corrected chi connectivity index (χ4v) is 3.73. The third-order valence-electron chi connectivity index (χ3n) is 4.28. The number of aryl methyl sites for hydroxylation is 1. The van der Waals surface area contributed by atoms with Crippen LogP contribution < -0.4 is 4.74 Å². The van der Waals surface area contributed by atoms with Gasteiger partial charge in [0.1, 0.15) is 12.4 Å². The summed E-state index contributed by atoms with van der Waals surface area (Å²) in [5.41, 5.74) is 1.55. The molecule has 0 unspecified atom stereocenters. The highest BCUT2D eigenvalue weighted by atomic mass is 32.2. The molecule has 5 nitrogen and oxygen atoms in total. The van der Waals surface area contributed by atoms with Gasteiger partial charge in [0.05, 0.1) is 18.0 Å². The van der Waals surface area contributed by atoms with Gasteiger partial charge in [0.15, 0.2) is 0 Å². The molecule has 0 bridgehead atoms. The van der Waals surface area contributed by atoms with Crippen LogP contribution in [0.4, 0.5) is 4.39 Å². The monoisotopic (exact) mass is 375 g/mol. The Hall–Kier alpha value is -2.15. The molecule has 7 heteroatoms. The summed E-state index contributed by atoms with van der Waals surface area (Å²) in [7, 11) is 0. The molecule has 138 valence electrons. The molecule has 0 radical (unpaired) electrons. The Morgan fingerprint density at radius 1 is 1.35 bits per heavy atom. The van der Waals surface area contributed by atoms with Crippen LogP contribution in [0.3, 0.4) is 0 Å². The first-order valence-corrected chi connectivity index (χ1v) is 9.88. The Morgan fingerprint density at radius 3 is 2.92 bits per heavy atom. The molecule has 1 atom stereocenters. The average molecular weight is 375 g/mol. The van der Waals surface area contributed by atoms with Gasteiger partial charge >= 0.3 is 0 Å². The van der Waals surface area contributed by atoms with E-state index in [4.69, 9.17) is 4.74 Å². The molecular formula is C19H22FN3O2S. The number of aromatic nitrogens is 2. The Morgan fingerprint density at radius 2 is 2.15 bits per heavy atom. The van der Waals surface area contributed by atoms with Crippen molar-refractivity contribution in [2.45, 2.75) is 31.6 Å². The molecule has 1 aromatic carbocycles. The van der Waals surface area contributed by atoms with Crippen LogP contribution in [0.2, 0.25) is 0 Å². The zero-order valence-electron chi connectivity index (χ0n) is 14.7. The zero-order chi connectivity index (χ0) is 18.4. The maximum atomic E-state index is 14.2. The second-order valence-corrected chi connectivity index (χ2v) is 7.13. The van der Waals surface area contributed by atoms with Gasteiger partial charge in [-0.3, -0.25) is 4.79 Å². The van der Waals surface area contributed by atoms with Crippen LogP contribution in [0.15, 0.2) is 36.7 Å². The van der Waals surface area contributed by atoms with Crippen molar-refractivity contribution in [3.63, 3.8) is 0 Å². The van der Waals surface area contributed by atoms with Crippen molar-refractivity contribution in [2.75, 3.05) is 18.8 Å². The summed E-state index contributed by atoms with van der Waals surface area (Å²) in [5.74, 6) is 0.817. The van der Waals surface area contributed by atoms with Crippen molar-refractivity contribution in [1.29, 1.82) is 0 Å². The van der Waals surface area contributed by atoms with Crippen molar-refractivity contribution in [3.8, 4) is 5.88 Å². The quantitative estimate of drug-likeness (QED) is 0.744. The van der Waals surface area contributed by atoms with Crippen molar-refractivity contribution in [1.82, 2.24) is 14.9 Å². The summed E-state index contributed by atoms with van der Waals surface area (Å²) >= 11 is 1.60. The van der Waals surface area contributed by atoms with Crippen molar-refractivity contribution in [3.05, 3.63) is 53.7 Å². The second kappa shape index (κ2) is 8.98. The summed E-state index contributed by atoms with van der Waals surface area (Å²) in [4.78, 5) is 21.9. The molecule has 1 aromatic heterocycles. The van der Waals surface area contributed by atoms with E-state index < -0.39 is 5.82 Å². The van der Waals surface area contributed by atoms with E-state index in [2.05, 4.69) is 22.1 Å². The van der Waals surface area contributed by atoms with Crippen molar-refractivity contribution in [2.24, 2.45) is 0 Å². The number of nitrogens with zero attached hydrogens (tertiary/aromatic N) is 3. The molecule has 1 saturated heterocycles. The van der Waals surface area contributed by atoms with E-state index in [0.29, 0.717) is 37.4 Å². The largest absolute Gasteiger partial charge is 0.470 e. The SMILES string of the molecule is CCc1ncnc(O[C@@H]2CCN(C(=O)CSCc3ccccc3)C2)c1F. The molecule has 2 heterocycles. The number of carbonyl (C=O) groups is 1. The number of halogens is 1. The minimum Gasteiger partial charge on any atom is -0.470 e. The number of benzene rings is 1. The molecule has 1 aliphatic rings. The first-order valence-electron chi connectivity index (χ1n) is 8.72. The summed E-state index contributed by atoms with van der Waals surface area (Å²) in [6.45, 7) is 2.93. The lowest BCUT2D eigenvalue weighted by Gasteiger charge is -2.17. The Balaban J connectivity index is 1.46. The third kappa shape index (κ3) is 4.72. The van der Waals surface area contributed by atoms with E-state index in [1.807, 2.05) is 25.1 Å². The molecule has 0 N–H and O–H groups in total. The highest BCUT2D eigenvalue weighted by molar-refractivity contribution is 7.99. The van der Waals surface area contributed by atoms with Gasteiger partial charge in [-0.05, 0) is 12.0 Å². The number of hydrogen-bond acceptors (Lipinski definition) is 5. The fraction of sp³-hybridized carbons (Fsp3) is 0.421. The first-order chi connectivity index (χ1) is 12.7. The van der Waals surface area contributed by atoms with Gasteiger partial charge in [-0.2, -0.15) is 9.37 Å². The van der Waals surface area contributed by atoms with Crippen LogP contribution in [0.5, 0.6) is 5.88 Å². The van der Waals surface area contributed by atoms with Crippen LogP contribution in [-0.4, -0.2) is 45.7 Å². The fourth-order valence-electron chi connectivity index (χ4n) is 2.85. The molecule has 0 spiro atoms. The molecule has 1 amide bonds. The molecule has 1 aliphatic heterocycles. The van der Waals surface area contributed by atoms with Crippen LogP contribution in [0.1, 0.15) is 24.6 Å². The minimum absolute atomic E-state index is 0.0189. The minimum atomic E-state index is -0.502. The van der Waals surface area contributed by atoms with Crippen LogP contribution >= 0.6 is 11.8 Å². The van der Waals surface area contributed by atoms with Gasteiger partial charge in [-0.1, -0.05) is 37.3 Å². The lowest BCUT2D eigenvalue weighted by Crippen LogP contribution is -2.32. The molecule has 1 fully saturated rings. The smallest absolute Gasteiger partial charge is 0.254 e. The molecule has 3 rings (SSSR count). The summed E-state index contributed by atoms with van der Waals surface area (Å²) in [6, 6.07) is 10.1. The van der Waals surface area contributed by atoms with Crippen LogP contribution in [-0.2, 0) is 17.0 Å². The lowest BCUT2D eigenvalue weighted by atomic mass is 10.2. The summed E-state index contributed by atoms with van der Waals surface area (Å²) < 4.78 is 19.9. The van der Waals surface area contributed by atoms with E-state index >= 15 is 0 Å². The maximum absolute atomic E-state index is 14.2. The topological polar surface area (TPSA) is 55.3 Å². The highest BCUT2D eigenvalue weighted by Crippen LogP contribution is 2.22. The van der Waals surface area contributed by atoms with Crippen LogP contribution in [0.25, 0.3) is 0 Å². The Kier molecular flexibility index (Phi) is 6.44. The van der Waals surface area contributed by atoms with Gasteiger partial charge < -0.3 is 9.64 Å². The molecule has 0 saturated carbocycles. The molecule has 2 aromatic rings. The summed E-state index contributed by atoms with van der Waals surface area (Å²) in [5, 5.41) is 0. The Labute approximate surface area is 157 Å². The number of rotatable bonds is 7. The van der Waals surface area contributed by atoms with E-state index in [0.717, 1.165) is 5.75 Å². The number of hydrogen-bond donors (Lipinski definition) is 0. The predicted molar refractivity (Wildman–Crippen MR) is 99.6 cm³/mol. The van der Waals surface area contributed by atoms with Crippen molar-refractivity contribution < 1.29 is 13.9 Å². The predicted octanol–water partition coefficient (Wildman–Crippen LogP) is 3.09. The van der Waals surface area contributed by atoms with E-state index in [1.54, 1.807) is 16.7 Å². The average Bonchev–Trinajstić information content (AvgIpc) is 3.13. The van der Waals surface area contributed by atoms with E-state index in [9.17, 15) is 9.18 Å². The molecule has 0 aliphatic carbocycles. The number of ether oxygens (including phenoxy) is 1. The first kappa shape index (κ1) is 18.6. The second-order valence-electron chi connectivity index (χ2n) is 6.14. The highest BCUT2D eigenvalue weighted by Gasteiger charge is 2.28. The van der Waals surface area contributed by atoms with E-state index in [-0.39, 0.29) is 17.9 Å². The third-order valence-corrected chi connectivity index (χ3v) is 5.27. The Bertz CT molecular complexity index is 745. The van der Waals surface area contributed by atoms with Gasteiger partial charge in [-0.15, -0.1) is 11.8 Å². The van der Waals surface area contributed by atoms with Crippen molar-refractivity contribution >= 4 is 17.7 Å². The van der Waals surface area contributed by atoms with E-state index in [1.165, 1.54) is 11.9 Å². The number of amides is 1. The number of thioether (sulfide) groups is 1. The van der Waals surface area contributed by atoms with Gasteiger partial charge in [0, 0.05) is 18.7 Å².